The Labute approximate surface area is 124 Å². The van der Waals surface area contributed by atoms with Crippen LogP contribution >= 0.6 is 0 Å². The van der Waals surface area contributed by atoms with Gasteiger partial charge >= 0.3 is 6.03 Å². The maximum Gasteiger partial charge on any atom is 0.324 e. The minimum Gasteiger partial charge on any atom is -0.494 e. The molecule has 0 saturated carbocycles. The number of urea groups is 1. The van der Waals surface area contributed by atoms with Crippen molar-refractivity contribution in [3.63, 3.8) is 0 Å². The first-order chi connectivity index (χ1) is 10.3. The number of aromatic nitrogens is 1. The van der Waals surface area contributed by atoms with Gasteiger partial charge in [-0.05, 0) is 42.8 Å². The number of benzene rings is 1. The Balaban J connectivity index is 1.83. The van der Waals surface area contributed by atoms with E-state index in [4.69, 9.17) is 4.74 Å². The van der Waals surface area contributed by atoms with Crippen LogP contribution in [0.2, 0.25) is 0 Å². The van der Waals surface area contributed by atoms with Gasteiger partial charge in [-0.3, -0.25) is 5.32 Å². The van der Waals surface area contributed by atoms with E-state index in [9.17, 15) is 4.79 Å². The largest absolute Gasteiger partial charge is 0.494 e. The third-order valence-corrected chi connectivity index (χ3v) is 2.79. The molecule has 5 nitrogen and oxygen atoms in total. The highest BCUT2D eigenvalue weighted by atomic mass is 16.5. The van der Waals surface area contributed by atoms with Crippen molar-refractivity contribution >= 4 is 17.5 Å². The molecule has 0 aliphatic heterocycles. The molecule has 5 heteroatoms. The van der Waals surface area contributed by atoms with Gasteiger partial charge in [0, 0.05) is 11.9 Å². The fraction of sp³-hybridized carbons (Fsp3) is 0.250. The highest BCUT2D eigenvalue weighted by Crippen LogP contribution is 2.16. The first-order valence-corrected chi connectivity index (χ1v) is 7.00. The van der Waals surface area contributed by atoms with Crippen molar-refractivity contribution in [1.82, 2.24) is 4.98 Å². The molecule has 0 unspecified atom stereocenters. The molecule has 0 bridgehead atoms. The molecule has 0 aliphatic rings. The maximum absolute atomic E-state index is 11.8. The van der Waals surface area contributed by atoms with E-state index in [-0.39, 0.29) is 6.03 Å². The molecule has 1 aromatic heterocycles. The summed E-state index contributed by atoms with van der Waals surface area (Å²) in [7, 11) is 0. The molecule has 1 aromatic carbocycles. The van der Waals surface area contributed by atoms with Crippen LogP contribution in [0.15, 0.2) is 48.7 Å². The van der Waals surface area contributed by atoms with Gasteiger partial charge in [-0.1, -0.05) is 19.4 Å². The first kappa shape index (κ1) is 14.8. The molecule has 2 aromatic rings. The highest BCUT2D eigenvalue weighted by Gasteiger charge is 2.03. The van der Waals surface area contributed by atoms with Crippen LogP contribution in [-0.2, 0) is 0 Å². The standard InChI is InChI=1S/C16H19N3O2/c1-2-3-12-21-14-9-7-13(8-10-14)18-16(20)19-15-6-4-5-11-17-15/h4-11H,2-3,12H2,1H3,(H2,17,18,19,20). The van der Waals surface area contributed by atoms with Crippen molar-refractivity contribution < 1.29 is 9.53 Å². The second-order valence-electron chi connectivity index (χ2n) is 4.52. The Morgan fingerprint density at radius 1 is 1.14 bits per heavy atom. The van der Waals surface area contributed by atoms with E-state index in [0.29, 0.717) is 18.1 Å². The predicted molar refractivity (Wildman–Crippen MR) is 83.7 cm³/mol. The van der Waals surface area contributed by atoms with E-state index in [0.717, 1.165) is 18.6 Å². The molecule has 0 fully saturated rings. The number of unbranched alkanes of at least 4 members (excludes halogenated alkanes) is 1. The number of ether oxygens (including phenoxy) is 1. The number of carbonyl (C=O) groups excluding carboxylic acids is 1. The molecular weight excluding hydrogens is 266 g/mol. The molecule has 1 heterocycles. The molecule has 2 N–H and O–H groups in total. The number of anilines is 2. The Morgan fingerprint density at radius 3 is 2.62 bits per heavy atom. The average molecular weight is 285 g/mol. The lowest BCUT2D eigenvalue weighted by Gasteiger charge is -2.08. The van der Waals surface area contributed by atoms with Gasteiger partial charge in [0.1, 0.15) is 11.6 Å². The van der Waals surface area contributed by atoms with Gasteiger partial charge in [0.15, 0.2) is 0 Å². The second-order valence-corrected chi connectivity index (χ2v) is 4.52. The third kappa shape index (κ3) is 5.14. The van der Waals surface area contributed by atoms with Crippen LogP contribution in [0.3, 0.4) is 0 Å². The van der Waals surface area contributed by atoms with E-state index in [1.165, 1.54) is 0 Å². The van der Waals surface area contributed by atoms with E-state index < -0.39 is 0 Å². The molecule has 2 rings (SSSR count). The molecule has 0 atom stereocenters. The number of hydrogen-bond acceptors (Lipinski definition) is 3. The normalized spacial score (nSPS) is 9.95. The summed E-state index contributed by atoms with van der Waals surface area (Å²) in [6.45, 7) is 2.83. The van der Waals surface area contributed by atoms with Gasteiger partial charge in [0.05, 0.1) is 6.61 Å². The van der Waals surface area contributed by atoms with Crippen molar-refractivity contribution in [2.24, 2.45) is 0 Å². The summed E-state index contributed by atoms with van der Waals surface area (Å²) >= 11 is 0. The molecule has 2 amide bonds. The third-order valence-electron chi connectivity index (χ3n) is 2.79. The summed E-state index contributed by atoms with van der Waals surface area (Å²) in [5, 5.41) is 5.39. The fourth-order valence-electron chi connectivity index (χ4n) is 1.68. The minimum atomic E-state index is -0.326. The smallest absolute Gasteiger partial charge is 0.324 e. The van der Waals surface area contributed by atoms with Gasteiger partial charge in [-0.2, -0.15) is 0 Å². The van der Waals surface area contributed by atoms with Crippen LogP contribution in [0.1, 0.15) is 19.8 Å². The van der Waals surface area contributed by atoms with Crippen LogP contribution < -0.4 is 15.4 Å². The summed E-state index contributed by atoms with van der Waals surface area (Å²) in [6.07, 6.45) is 3.76. The van der Waals surface area contributed by atoms with Crippen LogP contribution in [0, 0.1) is 0 Å². The molecule has 0 aliphatic carbocycles. The molecule has 0 radical (unpaired) electrons. The maximum atomic E-state index is 11.8. The Kier molecular flexibility index (Phi) is 5.58. The highest BCUT2D eigenvalue weighted by molar-refractivity contribution is 5.99. The lowest BCUT2D eigenvalue weighted by atomic mass is 10.3. The Hall–Kier alpha value is -2.56. The number of carbonyl (C=O) groups is 1. The molecule has 110 valence electrons. The lowest BCUT2D eigenvalue weighted by Crippen LogP contribution is -2.19. The van der Waals surface area contributed by atoms with Gasteiger partial charge in [-0.25, -0.2) is 9.78 Å². The number of nitrogens with one attached hydrogen (secondary N) is 2. The molecular formula is C16H19N3O2. The van der Waals surface area contributed by atoms with Crippen LogP contribution in [0.4, 0.5) is 16.3 Å². The van der Waals surface area contributed by atoms with Gasteiger partial charge < -0.3 is 10.1 Å². The van der Waals surface area contributed by atoms with Crippen molar-refractivity contribution in [2.75, 3.05) is 17.2 Å². The Morgan fingerprint density at radius 2 is 1.95 bits per heavy atom. The van der Waals surface area contributed by atoms with Crippen molar-refractivity contribution in [1.29, 1.82) is 0 Å². The van der Waals surface area contributed by atoms with Crippen molar-refractivity contribution in [3.05, 3.63) is 48.7 Å². The van der Waals surface area contributed by atoms with Gasteiger partial charge in [0.25, 0.3) is 0 Å². The van der Waals surface area contributed by atoms with E-state index >= 15 is 0 Å². The number of pyridine rings is 1. The van der Waals surface area contributed by atoms with Gasteiger partial charge in [-0.15, -0.1) is 0 Å². The summed E-state index contributed by atoms with van der Waals surface area (Å²) in [5.41, 5.74) is 0.700. The molecule has 0 spiro atoms. The molecule has 21 heavy (non-hydrogen) atoms. The molecule has 0 saturated heterocycles. The summed E-state index contributed by atoms with van der Waals surface area (Å²) in [4.78, 5) is 15.8. The number of amides is 2. The fourth-order valence-corrected chi connectivity index (χ4v) is 1.68. The average Bonchev–Trinajstić information content (AvgIpc) is 2.50. The topological polar surface area (TPSA) is 63.2 Å². The Bertz CT molecular complexity index is 555. The zero-order valence-electron chi connectivity index (χ0n) is 12.0. The van der Waals surface area contributed by atoms with Crippen LogP contribution in [-0.4, -0.2) is 17.6 Å². The van der Waals surface area contributed by atoms with E-state index in [2.05, 4.69) is 22.5 Å². The van der Waals surface area contributed by atoms with E-state index in [1.54, 1.807) is 30.5 Å². The second kappa shape index (κ2) is 7.89. The SMILES string of the molecule is CCCCOc1ccc(NC(=O)Nc2ccccn2)cc1. The quantitative estimate of drug-likeness (QED) is 0.791. The monoisotopic (exact) mass is 285 g/mol. The lowest BCUT2D eigenvalue weighted by molar-refractivity contribution is 0.262. The first-order valence-electron chi connectivity index (χ1n) is 7.00. The van der Waals surface area contributed by atoms with Crippen molar-refractivity contribution in [3.8, 4) is 5.75 Å². The van der Waals surface area contributed by atoms with Crippen LogP contribution in [0.25, 0.3) is 0 Å². The summed E-state index contributed by atoms with van der Waals surface area (Å²) in [6, 6.07) is 12.3. The minimum absolute atomic E-state index is 0.326. The number of rotatable bonds is 6. The number of hydrogen-bond donors (Lipinski definition) is 2. The zero-order chi connectivity index (χ0) is 14.9. The van der Waals surface area contributed by atoms with Crippen LogP contribution in [0.5, 0.6) is 5.75 Å². The zero-order valence-corrected chi connectivity index (χ0v) is 12.0. The summed E-state index contributed by atoms with van der Waals surface area (Å²) < 4.78 is 5.56. The summed E-state index contributed by atoms with van der Waals surface area (Å²) in [5.74, 6) is 1.31. The number of nitrogens with zero attached hydrogens (tertiary/aromatic N) is 1. The van der Waals surface area contributed by atoms with E-state index in [1.807, 2.05) is 18.2 Å². The van der Waals surface area contributed by atoms with Crippen molar-refractivity contribution in [2.45, 2.75) is 19.8 Å². The predicted octanol–water partition coefficient (Wildman–Crippen LogP) is 3.90. The van der Waals surface area contributed by atoms with Gasteiger partial charge in [0.2, 0.25) is 0 Å².